The van der Waals surface area contributed by atoms with E-state index in [9.17, 15) is 0 Å². The minimum Gasteiger partial charge on any atom is -0.370 e. The summed E-state index contributed by atoms with van der Waals surface area (Å²) in [6, 6.07) is 0. The maximum atomic E-state index is 5.62. The van der Waals surface area contributed by atoms with Crippen molar-refractivity contribution in [1.82, 2.24) is 4.98 Å². The molecule has 0 saturated heterocycles. The average molecular weight is 169 g/mol. The maximum absolute atomic E-state index is 5.62. The minimum atomic E-state index is -0.0128. The molecule has 0 fully saturated rings. The van der Waals surface area contributed by atoms with E-state index in [1.807, 2.05) is 5.51 Å². The van der Waals surface area contributed by atoms with E-state index < -0.39 is 0 Å². The van der Waals surface area contributed by atoms with Gasteiger partial charge in [-0.05, 0) is 13.8 Å². The van der Waals surface area contributed by atoms with E-state index in [4.69, 9.17) is 4.74 Å². The molecule has 1 aliphatic heterocycles. The molecule has 0 atom stereocenters. The Morgan fingerprint density at radius 3 is 3.27 bits per heavy atom. The van der Waals surface area contributed by atoms with Gasteiger partial charge in [-0.1, -0.05) is 0 Å². The van der Waals surface area contributed by atoms with E-state index >= 15 is 0 Å². The minimum absolute atomic E-state index is 0.0128. The van der Waals surface area contributed by atoms with Crippen molar-refractivity contribution in [2.45, 2.75) is 32.5 Å². The van der Waals surface area contributed by atoms with Gasteiger partial charge in [0.15, 0.2) is 0 Å². The standard InChI is InChI=1S/C8H11NOS/c1-8(2)3-6-7(4-10-8)11-5-9-6/h5H,3-4H2,1-2H3. The SMILES string of the molecule is CC1(C)Cc2ncsc2CO1. The topological polar surface area (TPSA) is 22.1 Å². The molecular formula is C8H11NOS. The molecule has 0 N–H and O–H groups in total. The zero-order valence-electron chi connectivity index (χ0n) is 6.76. The Kier molecular flexibility index (Phi) is 1.51. The van der Waals surface area contributed by atoms with Crippen molar-refractivity contribution in [2.75, 3.05) is 0 Å². The lowest BCUT2D eigenvalue weighted by molar-refractivity contribution is -0.0393. The molecule has 0 radical (unpaired) electrons. The highest BCUT2D eigenvalue weighted by molar-refractivity contribution is 7.09. The van der Waals surface area contributed by atoms with E-state index in [0.717, 1.165) is 13.0 Å². The highest BCUT2D eigenvalue weighted by Crippen LogP contribution is 2.28. The lowest BCUT2D eigenvalue weighted by Crippen LogP contribution is -2.31. The zero-order chi connectivity index (χ0) is 7.90. The molecule has 0 amide bonds. The molecule has 2 nitrogen and oxygen atoms in total. The molecule has 1 aromatic heterocycles. The molecule has 1 aromatic rings. The highest BCUT2D eigenvalue weighted by Gasteiger charge is 2.27. The molecule has 0 bridgehead atoms. The van der Waals surface area contributed by atoms with Crippen LogP contribution in [-0.2, 0) is 17.8 Å². The summed E-state index contributed by atoms with van der Waals surface area (Å²) in [7, 11) is 0. The van der Waals surface area contributed by atoms with Crippen molar-refractivity contribution >= 4 is 11.3 Å². The van der Waals surface area contributed by atoms with Gasteiger partial charge in [-0.2, -0.15) is 0 Å². The van der Waals surface area contributed by atoms with E-state index in [1.165, 1.54) is 10.6 Å². The number of nitrogens with zero attached hydrogens (tertiary/aromatic N) is 1. The van der Waals surface area contributed by atoms with Crippen LogP contribution in [0, 0.1) is 0 Å². The Hall–Kier alpha value is -0.410. The molecule has 0 saturated carbocycles. The summed E-state index contributed by atoms with van der Waals surface area (Å²) in [6.45, 7) is 4.96. The van der Waals surface area contributed by atoms with E-state index in [2.05, 4.69) is 18.8 Å². The predicted octanol–water partition coefficient (Wildman–Crippen LogP) is 1.99. The third kappa shape index (κ3) is 1.30. The largest absolute Gasteiger partial charge is 0.370 e. The van der Waals surface area contributed by atoms with Crippen molar-refractivity contribution in [3.63, 3.8) is 0 Å². The van der Waals surface area contributed by atoms with Gasteiger partial charge in [-0.3, -0.25) is 0 Å². The Bertz CT molecular complexity index is 267. The zero-order valence-corrected chi connectivity index (χ0v) is 7.57. The van der Waals surface area contributed by atoms with Gasteiger partial charge in [-0.15, -0.1) is 11.3 Å². The van der Waals surface area contributed by atoms with Crippen LogP contribution in [0.5, 0.6) is 0 Å². The second kappa shape index (κ2) is 2.29. The van der Waals surface area contributed by atoms with Crippen LogP contribution in [-0.4, -0.2) is 10.6 Å². The van der Waals surface area contributed by atoms with E-state index in [-0.39, 0.29) is 5.60 Å². The second-order valence-electron chi connectivity index (χ2n) is 3.45. The summed E-state index contributed by atoms with van der Waals surface area (Å²) in [5.74, 6) is 0. The third-order valence-corrected chi connectivity index (χ3v) is 2.76. The van der Waals surface area contributed by atoms with Crippen LogP contribution in [0.4, 0.5) is 0 Å². The number of hydrogen-bond donors (Lipinski definition) is 0. The Morgan fingerprint density at radius 2 is 2.45 bits per heavy atom. The van der Waals surface area contributed by atoms with Crippen LogP contribution in [0.2, 0.25) is 0 Å². The van der Waals surface area contributed by atoms with Crippen molar-refractivity contribution in [3.8, 4) is 0 Å². The first kappa shape index (κ1) is 7.25. The summed E-state index contributed by atoms with van der Waals surface area (Å²) >= 11 is 1.69. The number of fused-ring (bicyclic) bond motifs is 1. The first-order chi connectivity index (χ1) is 5.17. The van der Waals surface area contributed by atoms with Crippen LogP contribution < -0.4 is 0 Å². The molecule has 2 heterocycles. The number of hydrogen-bond acceptors (Lipinski definition) is 3. The molecule has 0 unspecified atom stereocenters. The molecule has 60 valence electrons. The molecule has 1 aliphatic rings. The summed E-state index contributed by atoms with van der Waals surface area (Å²) in [4.78, 5) is 5.59. The van der Waals surface area contributed by atoms with Gasteiger partial charge in [0.05, 0.1) is 28.3 Å². The van der Waals surface area contributed by atoms with Gasteiger partial charge in [0, 0.05) is 6.42 Å². The number of thiazole rings is 1. The lowest BCUT2D eigenvalue weighted by Gasteiger charge is -2.28. The highest BCUT2D eigenvalue weighted by atomic mass is 32.1. The summed E-state index contributed by atoms with van der Waals surface area (Å²) in [5.41, 5.74) is 3.11. The quantitative estimate of drug-likeness (QED) is 0.592. The lowest BCUT2D eigenvalue weighted by atomic mass is 10.00. The van der Waals surface area contributed by atoms with Gasteiger partial charge < -0.3 is 4.74 Å². The van der Waals surface area contributed by atoms with Crippen LogP contribution in [0.3, 0.4) is 0 Å². The monoisotopic (exact) mass is 169 g/mol. The van der Waals surface area contributed by atoms with Gasteiger partial charge in [0.1, 0.15) is 0 Å². The Morgan fingerprint density at radius 1 is 1.64 bits per heavy atom. The fourth-order valence-corrected chi connectivity index (χ4v) is 1.97. The van der Waals surface area contributed by atoms with Crippen molar-refractivity contribution in [1.29, 1.82) is 0 Å². The van der Waals surface area contributed by atoms with Gasteiger partial charge >= 0.3 is 0 Å². The van der Waals surface area contributed by atoms with Crippen LogP contribution in [0.25, 0.3) is 0 Å². The van der Waals surface area contributed by atoms with Gasteiger partial charge in [0.2, 0.25) is 0 Å². The first-order valence-corrected chi connectivity index (χ1v) is 4.60. The van der Waals surface area contributed by atoms with Crippen molar-refractivity contribution in [3.05, 3.63) is 16.1 Å². The van der Waals surface area contributed by atoms with Crippen LogP contribution in [0.1, 0.15) is 24.4 Å². The second-order valence-corrected chi connectivity index (χ2v) is 4.39. The summed E-state index contributed by atoms with van der Waals surface area (Å²) in [5, 5.41) is 0. The summed E-state index contributed by atoms with van der Waals surface area (Å²) < 4.78 is 5.62. The van der Waals surface area contributed by atoms with Gasteiger partial charge in [0.25, 0.3) is 0 Å². The smallest absolute Gasteiger partial charge is 0.0835 e. The number of rotatable bonds is 0. The molecule has 0 aliphatic carbocycles. The van der Waals surface area contributed by atoms with E-state index in [0.29, 0.717) is 0 Å². The summed E-state index contributed by atoms with van der Waals surface area (Å²) in [6.07, 6.45) is 0.950. The third-order valence-electron chi connectivity index (χ3n) is 1.91. The Balaban J connectivity index is 2.32. The normalized spacial score (nSPS) is 21.3. The van der Waals surface area contributed by atoms with Crippen molar-refractivity contribution in [2.24, 2.45) is 0 Å². The molecular weight excluding hydrogens is 158 g/mol. The van der Waals surface area contributed by atoms with Gasteiger partial charge in [-0.25, -0.2) is 4.98 Å². The van der Waals surface area contributed by atoms with Crippen molar-refractivity contribution < 1.29 is 4.74 Å². The first-order valence-electron chi connectivity index (χ1n) is 3.73. The molecule has 11 heavy (non-hydrogen) atoms. The number of aromatic nitrogens is 1. The Labute approximate surface area is 70.2 Å². The van der Waals surface area contributed by atoms with Crippen LogP contribution in [0.15, 0.2) is 5.51 Å². The fourth-order valence-electron chi connectivity index (χ4n) is 1.27. The maximum Gasteiger partial charge on any atom is 0.0835 e. The molecule has 2 rings (SSSR count). The van der Waals surface area contributed by atoms with E-state index in [1.54, 1.807) is 11.3 Å². The molecule has 0 spiro atoms. The fraction of sp³-hybridized carbons (Fsp3) is 0.625. The molecule has 3 heteroatoms. The average Bonchev–Trinajstić information content (AvgIpc) is 2.31. The number of ether oxygens (including phenoxy) is 1. The van der Waals surface area contributed by atoms with Crippen LogP contribution >= 0.6 is 11.3 Å². The predicted molar refractivity (Wildman–Crippen MR) is 44.7 cm³/mol. The molecule has 0 aromatic carbocycles.